The highest BCUT2D eigenvalue weighted by atomic mass is 35.5. The molecule has 0 spiro atoms. The Hall–Kier alpha value is -2.00. The van der Waals surface area contributed by atoms with Crippen molar-refractivity contribution in [1.29, 1.82) is 0 Å². The molecule has 0 aliphatic rings. The first kappa shape index (κ1) is 22.0. The molecule has 0 fully saturated rings. The number of amides is 3. The van der Waals surface area contributed by atoms with Crippen molar-refractivity contribution in [2.75, 3.05) is 23.9 Å². The normalized spacial score (nSPS) is 12.0. The fourth-order valence-corrected chi connectivity index (χ4v) is 2.46. The lowest BCUT2D eigenvalue weighted by molar-refractivity contribution is -0.136. The van der Waals surface area contributed by atoms with Crippen molar-refractivity contribution in [3.63, 3.8) is 0 Å². The molecular weight excluding hydrogens is 380 g/mol. The van der Waals surface area contributed by atoms with E-state index in [1.54, 1.807) is 26.8 Å². The Morgan fingerprint density at radius 3 is 2.50 bits per heavy atom. The first-order valence-electron chi connectivity index (χ1n) is 7.80. The lowest BCUT2D eigenvalue weighted by Gasteiger charge is -2.23. The van der Waals surface area contributed by atoms with Crippen LogP contribution in [-0.2, 0) is 14.3 Å². The Bertz CT molecular complexity index is 634. The highest BCUT2D eigenvalue weighted by Crippen LogP contribution is 2.09. The zero-order valence-electron chi connectivity index (χ0n) is 15.1. The average molecular weight is 403 g/mol. The number of thioether (sulfide) groups is 1. The van der Waals surface area contributed by atoms with Gasteiger partial charge < -0.3 is 20.7 Å². The molecule has 0 aliphatic heterocycles. The third-order valence-electron chi connectivity index (χ3n) is 2.77. The third-order valence-corrected chi connectivity index (χ3v) is 3.73. The zero-order valence-corrected chi connectivity index (χ0v) is 16.7. The van der Waals surface area contributed by atoms with E-state index in [4.69, 9.17) is 16.3 Å². The summed E-state index contributed by atoms with van der Waals surface area (Å²) in [5, 5.41) is 7.92. The molecule has 10 heteroatoms. The van der Waals surface area contributed by atoms with Crippen molar-refractivity contribution in [2.45, 2.75) is 32.4 Å². The van der Waals surface area contributed by atoms with Crippen molar-refractivity contribution in [3.8, 4) is 0 Å². The number of hydrogen-bond acceptors (Lipinski definition) is 6. The minimum absolute atomic E-state index is 0.0837. The summed E-state index contributed by atoms with van der Waals surface area (Å²) in [7, 11) is 0. The fourth-order valence-electron chi connectivity index (χ4n) is 1.75. The van der Waals surface area contributed by atoms with Crippen LogP contribution in [0.25, 0.3) is 0 Å². The summed E-state index contributed by atoms with van der Waals surface area (Å²) < 4.78 is 5.19. The van der Waals surface area contributed by atoms with E-state index in [9.17, 15) is 14.4 Å². The Morgan fingerprint density at radius 2 is 1.96 bits per heavy atom. The van der Waals surface area contributed by atoms with E-state index in [1.165, 1.54) is 24.0 Å². The molecule has 0 unspecified atom stereocenters. The van der Waals surface area contributed by atoms with Crippen molar-refractivity contribution in [1.82, 2.24) is 15.6 Å². The summed E-state index contributed by atoms with van der Waals surface area (Å²) in [5.74, 6) is -0.944. The van der Waals surface area contributed by atoms with Gasteiger partial charge in [-0.05, 0) is 39.2 Å². The van der Waals surface area contributed by atoms with E-state index in [2.05, 4.69) is 20.9 Å². The molecule has 0 bridgehead atoms. The van der Waals surface area contributed by atoms with E-state index < -0.39 is 23.5 Å². The van der Waals surface area contributed by atoms with Gasteiger partial charge in [0, 0.05) is 18.5 Å². The molecular formula is C16H23ClN4O4S. The van der Waals surface area contributed by atoms with E-state index in [-0.39, 0.29) is 18.4 Å². The standard InChI is InChI=1S/C16H23ClN4O4S/c1-16(2,3)25-15(24)20-11(9-26-4)8-19-13(22)14(23)21-12-6-5-10(17)7-18-12/h5-7,11H,8-9H2,1-4H3,(H,19,22)(H,20,24)(H,18,21,23)/t11-/m0/s1. The number of nitrogens with zero attached hydrogens (tertiary/aromatic N) is 1. The zero-order chi connectivity index (χ0) is 19.7. The van der Waals surface area contributed by atoms with Gasteiger partial charge in [0.1, 0.15) is 11.4 Å². The van der Waals surface area contributed by atoms with Crippen LogP contribution >= 0.6 is 23.4 Å². The lowest BCUT2D eigenvalue weighted by Crippen LogP contribution is -2.48. The maximum atomic E-state index is 11.9. The number of aromatic nitrogens is 1. The number of pyridine rings is 1. The van der Waals surface area contributed by atoms with Crippen LogP contribution < -0.4 is 16.0 Å². The van der Waals surface area contributed by atoms with Gasteiger partial charge in [-0.2, -0.15) is 11.8 Å². The first-order valence-corrected chi connectivity index (χ1v) is 9.57. The van der Waals surface area contributed by atoms with Crippen LogP contribution in [0.5, 0.6) is 0 Å². The Morgan fingerprint density at radius 1 is 1.27 bits per heavy atom. The summed E-state index contributed by atoms with van der Waals surface area (Å²) in [6, 6.07) is 2.64. The number of halogens is 1. The van der Waals surface area contributed by atoms with Crippen LogP contribution in [0.2, 0.25) is 5.02 Å². The van der Waals surface area contributed by atoms with Crippen molar-refractivity contribution in [2.24, 2.45) is 0 Å². The Balaban J connectivity index is 2.51. The summed E-state index contributed by atoms with van der Waals surface area (Å²) in [6.45, 7) is 5.35. The van der Waals surface area contributed by atoms with Gasteiger partial charge >= 0.3 is 17.9 Å². The van der Waals surface area contributed by atoms with Gasteiger partial charge in [0.25, 0.3) is 0 Å². The second-order valence-corrected chi connectivity index (χ2v) is 7.67. The summed E-state index contributed by atoms with van der Waals surface area (Å²) in [4.78, 5) is 39.5. The van der Waals surface area contributed by atoms with Gasteiger partial charge in [0.05, 0.1) is 11.1 Å². The molecule has 1 atom stereocenters. The van der Waals surface area contributed by atoms with Gasteiger partial charge in [-0.1, -0.05) is 11.6 Å². The van der Waals surface area contributed by atoms with Crippen LogP contribution in [0.1, 0.15) is 20.8 Å². The van der Waals surface area contributed by atoms with Crippen molar-refractivity contribution >= 4 is 47.1 Å². The maximum absolute atomic E-state index is 11.9. The van der Waals surface area contributed by atoms with Crippen LogP contribution in [-0.4, -0.2) is 53.1 Å². The van der Waals surface area contributed by atoms with Crippen molar-refractivity contribution < 1.29 is 19.1 Å². The largest absolute Gasteiger partial charge is 0.444 e. The Labute approximate surface area is 161 Å². The molecule has 1 rings (SSSR count). The number of alkyl carbamates (subject to hydrolysis) is 1. The number of rotatable bonds is 6. The van der Waals surface area contributed by atoms with Gasteiger partial charge in [0.2, 0.25) is 0 Å². The molecule has 0 saturated carbocycles. The smallest absolute Gasteiger partial charge is 0.407 e. The topological polar surface area (TPSA) is 109 Å². The lowest BCUT2D eigenvalue weighted by atomic mass is 10.2. The minimum atomic E-state index is -0.861. The van der Waals surface area contributed by atoms with Crippen LogP contribution in [0.3, 0.4) is 0 Å². The van der Waals surface area contributed by atoms with Gasteiger partial charge in [-0.15, -0.1) is 0 Å². The summed E-state index contributed by atoms with van der Waals surface area (Å²) in [5.41, 5.74) is -0.622. The predicted molar refractivity (Wildman–Crippen MR) is 102 cm³/mol. The van der Waals surface area contributed by atoms with Crippen molar-refractivity contribution in [3.05, 3.63) is 23.4 Å². The van der Waals surface area contributed by atoms with E-state index in [1.807, 2.05) is 6.26 Å². The first-order chi connectivity index (χ1) is 12.1. The highest BCUT2D eigenvalue weighted by molar-refractivity contribution is 7.98. The minimum Gasteiger partial charge on any atom is -0.444 e. The summed E-state index contributed by atoms with van der Waals surface area (Å²) >= 11 is 7.19. The van der Waals surface area contributed by atoms with E-state index >= 15 is 0 Å². The van der Waals surface area contributed by atoms with E-state index in [0.29, 0.717) is 10.8 Å². The van der Waals surface area contributed by atoms with Gasteiger partial charge in [-0.3, -0.25) is 9.59 Å². The second kappa shape index (κ2) is 10.2. The molecule has 26 heavy (non-hydrogen) atoms. The molecule has 144 valence electrons. The van der Waals surface area contributed by atoms with Crippen LogP contribution in [0.4, 0.5) is 10.6 Å². The molecule has 0 radical (unpaired) electrons. The number of carbonyl (C=O) groups excluding carboxylic acids is 3. The Kier molecular flexibility index (Phi) is 8.67. The van der Waals surface area contributed by atoms with Gasteiger partial charge in [-0.25, -0.2) is 9.78 Å². The molecule has 0 aromatic carbocycles. The SMILES string of the molecule is CSC[C@H](CNC(=O)C(=O)Nc1ccc(Cl)cn1)NC(=O)OC(C)(C)C. The van der Waals surface area contributed by atoms with E-state index in [0.717, 1.165) is 0 Å². The molecule has 0 aliphatic carbocycles. The molecule has 1 aromatic heterocycles. The third kappa shape index (κ3) is 8.91. The molecule has 3 N–H and O–H groups in total. The maximum Gasteiger partial charge on any atom is 0.407 e. The highest BCUT2D eigenvalue weighted by Gasteiger charge is 2.21. The number of anilines is 1. The number of hydrogen-bond donors (Lipinski definition) is 3. The fraction of sp³-hybridized carbons (Fsp3) is 0.500. The number of nitrogens with one attached hydrogen (secondary N) is 3. The quantitative estimate of drug-likeness (QED) is 0.628. The monoisotopic (exact) mass is 402 g/mol. The number of ether oxygens (including phenoxy) is 1. The van der Waals surface area contributed by atoms with Crippen LogP contribution in [0.15, 0.2) is 18.3 Å². The predicted octanol–water partition coefficient (Wildman–Crippen LogP) is 2.05. The van der Waals surface area contributed by atoms with Gasteiger partial charge in [0.15, 0.2) is 0 Å². The molecule has 0 saturated heterocycles. The molecule has 1 aromatic rings. The molecule has 8 nitrogen and oxygen atoms in total. The number of carbonyl (C=O) groups is 3. The van der Waals surface area contributed by atoms with Crippen LogP contribution in [0, 0.1) is 0 Å². The average Bonchev–Trinajstić information content (AvgIpc) is 2.52. The molecule has 3 amide bonds. The summed E-state index contributed by atoms with van der Waals surface area (Å²) in [6.07, 6.45) is 2.64. The second-order valence-electron chi connectivity index (χ2n) is 6.32. The molecule has 1 heterocycles.